The van der Waals surface area contributed by atoms with Gasteiger partial charge in [0, 0.05) is 49.8 Å². The van der Waals surface area contributed by atoms with E-state index in [2.05, 4.69) is 25.4 Å². The van der Waals surface area contributed by atoms with Gasteiger partial charge in [0.25, 0.3) is 5.91 Å². The molecule has 0 saturated heterocycles. The second-order valence-corrected chi connectivity index (χ2v) is 8.38. The molecule has 0 bridgehead atoms. The summed E-state index contributed by atoms with van der Waals surface area (Å²) in [6, 6.07) is 4.86. The number of rotatable bonds is 7. The normalized spacial score (nSPS) is 18.1. The van der Waals surface area contributed by atoms with Crippen LogP contribution in [0.25, 0.3) is 11.4 Å². The summed E-state index contributed by atoms with van der Waals surface area (Å²) < 4.78 is 64.4. The molecule has 0 aliphatic carbocycles. The molecule has 1 amide bonds. The van der Waals surface area contributed by atoms with Gasteiger partial charge < -0.3 is 19.5 Å². The van der Waals surface area contributed by atoms with Gasteiger partial charge in [0.2, 0.25) is 5.95 Å². The molecule has 1 aliphatic rings. The third kappa shape index (κ3) is 4.44. The summed E-state index contributed by atoms with van der Waals surface area (Å²) in [5.74, 6) is -0.844. The predicted molar refractivity (Wildman–Crippen MR) is 131 cm³/mol. The van der Waals surface area contributed by atoms with Crippen LogP contribution in [0.1, 0.15) is 34.2 Å². The van der Waals surface area contributed by atoms with Crippen LogP contribution >= 0.6 is 0 Å². The first-order chi connectivity index (χ1) is 19.3. The average Bonchev–Trinajstić information content (AvgIpc) is 3.51. The first-order valence-electron chi connectivity index (χ1n) is 13.6. The van der Waals surface area contributed by atoms with Crippen molar-refractivity contribution < 1.29 is 20.8 Å². The van der Waals surface area contributed by atoms with Crippen LogP contribution in [0.5, 0.6) is 0 Å². The lowest BCUT2D eigenvalue weighted by atomic mass is 10.1. The Labute approximate surface area is 214 Å². The number of fused-ring (bicyclic) bond motifs is 1. The number of carbonyl (C=O) groups is 1. The van der Waals surface area contributed by atoms with Gasteiger partial charge in [-0.3, -0.25) is 9.48 Å². The Morgan fingerprint density at radius 3 is 2.89 bits per heavy atom. The maximum Gasteiger partial charge on any atom is 0.290 e. The second kappa shape index (κ2) is 9.50. The van der Waals surface area contributed by atoms with Crippen LogP contribution in [0, 0.1) is 19.6 Å². The summed E-state index contributed by atoms with van der Waals surface area (Å²) in [6.07, 6.45) is 4.25. The highest BCUT2D eigenvalue weighted by atomic mass is 19.1. The smallest absolute Gasteiger partial charge is 0.290 e. The molecule has 1 atom stereocenters. The lowest BCUT2D eigenvalue weighted by Crippen LogP contribution is -2.49. The van der Waals surface area contributed by atoms with E-state index in [4.69, 9.17) is 11.6 Å². The molecule has 5 rings (SSSR count). The zero-order valence-corrected chi connectivity index (χ0v) is 19.9. The minimum atomic E-state index is -2.59. The molecule has 4 heterocycles. The quantitative estimate of drug-likeness (QED) is 0.420. The number of carbonyl (C=O) groups excluding carboxylic acids is 1. The van der Waals surface area contributed by atoms with E-state index in [0.29, 0.717) is 11.4 Å². The number of ether oxygens (including phenoxy) is 1. The number of imidazole rings is 1. The molecule has 0 saturated carbocycles. The van der Waals surface area contributed by atoms with Crippen molar-refractivity contribution in [1.82, 2.24) is 34.2 Å². The van der Waals surface area contributed by atoms with E-state index in [0.717, 1.165) is 11.0 Å². The van der Waals surface area contributed by atoms with Gasteiger partial charge in [-0.05, 0) is 36.5 Å². The van der Waals surface area contributed by atoms with Crippen molar-refractivity contribution in [3.05, 3.63) is 71.2 Å². The summed E-state index contributed by atoms with van der Waals surface area (Å²) in [7, 11) is 3.14. The Hall–Kier alpha value is -4.12. The van der Waals surface area contributed by atoms with Crippen LogP contribution in [0.4, 0.5) is 16.2 Å². The number of hydrogen-bond donors (Lipinski definition) is 1. The number of nitrogens with one attached hydrogen (secondary N) is 1. The lowest BCUT2D eigenvalue weighted by molar-refractivity contribution is 0.0380. The highest BCUT2D eigenvalue weighted by Crippen LogP contribution is 2.27. The van der Waals surface area contributed by atoms with Crippen molar-refractivity contribution in [3.63, 3.8) is 0 Å². The Balaban J connectivity index is 1.58. The molecule has 1 aliphatic heterocycles. The zero-order chi connectivity index (χ0) is 29.7. The number of aryl methyl sites for hydroxylation is 3. The number of anilines is 2. The van der Waals surface area contributed by atoms with Gasteiger partial charge in [-0.25, -0.2) is 19.3 Å². The maximum absolute atomic E-state index is 14.4. The van der Waals surface area contributed by atoms with Crippen molar-refractivity contribution >= 4 is 17.7 Å². The van der Waals surface area contributed by atoms with Crippen molar-refractivity contribution in [3.8, 4) is 11.4 Å². The molecule has 1 aromatic carbocycles. The minimum Gasteiger partial charge on any atom is -0.382 e. The molecule has 11 heteroatoms. The molecule has 3 aromatic heterocycles. The second-order valence-electron chi connectivity index (χ2n) is 8.38. The van der Waals surface area contributed by atoms with E-state index in [1.165, 1.54) is 36.2 Å². The monoisotopic (exact) mass is 495 g/mol. The Kier molecular flexibility index (Phi) is 4.80. The van der Waals surface area contributed by atoms with E-state index < -0.39 is 31.1 Å². The van der Waals surface area contributed by atoms with Crippen LogP contribution in [0.15, 0.2) is 42.9 Å². The fourth-order valence-corrected chi connectivity index (χ4v) is 3.93. The van der Waals surface area contributed by atoms with Crippen LogP contribution < -0.4 is 5.32 Å². The van der Waals surface area contributed by atoms with Crippen LogP contribution in [0.3, 0.4) is 0 Å². The summed E-state index contributed by atoms with van der Waals surface area (Å²) in [4.78, 5) is 27.8. The van der Waals surface area contributed by atoms with E-state index in [1.807, 2.05) is 0 Å². The van der Waals surface area contributed by atoms with Gasteiger partial charge in [-0.2, -0.15) is 5.10 Å². The van der Waals surface area contributed by atoms with E-state index >= 15 is 0 Å². The van der Waals surface area contributed by atoms with Crippen LogP contribution in [-0.4, -0.2) is 59.9 Å². The average molecular weight is 496 g/mol. The first kappa shape index (κ1) is 18.2. The fourth-order valence-electron chi connectivity index (χ4n) is 3.93. The van der Waals surface area contributed by atoms with Gasteiger partial charge in [0.15, 0.2) is 5.82 Å². The molecule has 0 radical (unpaired) electrons. The van der Waals surface area contributed by atoms with Crippen molar-refractivity contribution in [2.45, 2.75) is 32.9 Å². The van der Waals surface area contributed by atoms with E-state index in [1.54, 1.807) is 30.9 Å². The molecule has 186 valence electrons. The molecule has 36 heavy (non-hydrogen) atoms. The molecule has 0 unspecified atom stereocenters. The third-order valence-electron chi connectivity index (χ3n) is 5.83. The van der Waals surface area contributed by atoms with Gasteiger partial charge in [0.05, 0.1) is 27.3 Å². The third-order valence-corrected chi connectivity index (χ3v) is 5.83. The number of hydrogen-bond acceptors (Lipinski definition) is 7. The Morgan fingerprint density at radius 1 is 1.31 bits per heavy atom. The highest BCUT2D eigenvalue weighted by molar-refractivity contribution is 5.92. The van der Waals surface area contributed by atoms with E-state index in [-0.39, 0.29) is 47.4 Å². The number of benzene rings is 1. The fraction of sp³-hybridized carbons (Fsp3) is 0.320. The first-order valence-corrected chi connectivity index (χ1v) is 11.1. The van der Waals surface area contributed by atoms with Gasteiger partial charge in [-0.1, -0.05) is 12.1 Å². The van der Waals surface area contributed by atoms with Gasteiger partial charge in [0.1, 0.15) is 17.3 Å². The Morgan fingerprint density at radius 2 is 2.17 bits per heavy atom. The van der Waals surface area contributed by atoms with Crippen molar-refractivity contribution in [2.75, 3.05) is 19.0 Å². The molecule has 1 N–H and O–H groups in total. The SMILES string of the molecule is [2H]C([2H])([2H])c1cnc(Nc2ccnn2C)nc1-c1cn2c(n1)C(=O)N(C([2H])([2H])c1ccc(C)c(F)c1)[C@H](COC)C2. The number of methoxy groups -OCH3 is 1. The van der Waals surface area contributed by atoms with Crippen molar-refractivity contribution in [2.24, 2.45) is 7.05 Å². The largest absolute Gasteiger partial charge is 0.382 e. The molecule has 10 nitrogen and oxygen atoms in total. The zero-order valence-electron chi connectivity index (χ0n) is 24.9. The summed E-state index contributed by atoms with van der Waals surface area (Å²) >= 11 is 0. The lowest BCUT2D eigenvalue weighted by Gasteiger charge is -2.35. The van der Waals surface area contributed by atoms with Gasteiger partial charge >= 0.3 is 0 Å². The van der Waals surface area contributed by atoms with Crippen LogP contribution in [0.2, 0.25) is 0 Å². The number of halogens is 1. The maximum atomic E-state index is 14.4. The predicted octanol–water partition coefficient (Wildman–Crippen LogP) is 3.24. The minimum absolute atomic E-state index is 0.0145. The van der Waals surface area contributed by atoms with Crippen molar-refractivity contribution in [1.29, 1.82) is 0 Å². The topological polar surface area (TPSA) is 103 Å². The van der Waals surface area contributed by atoms with Gasteiger partial charge in [-0.15, -0.1) is 0 Å². The Bertz CT molecular complexity index is 1620. The molecular formula is C25H27FN8O2. The highest BCUT2D eigenvalue weighted by Gasteiger charge is 2.35. The molecule has 4 aromatic rings. The molecular weight excluding hydrogens is 463 g/mol. The molecule has 0 spiro atoms. The molecule has 0 fully saturated rings. The number of nitrogens with zero attached hydrogens (tertiary/aromatic N) is 7. The number of amides is 1. The van der Waals surface area contributed by atoms with E-state index in [9.17, 15) is 9.18 Å². The summed E-state index contributed by atoms with van der Waals surface area (Å²) in [6.45, 7) is -3.37. The standard InChI is InChI=1S/C25H27FN8O2/c1-15-5-6-17(9-19(15)26)11-34-18(14-36-4)12-33-13-20(29-23(33)24(34)35)22-16(2)10-27-25(31-22)30-21-7-8-28-32(21)3/h5-10,13,18H,11-12,14H2,1-4H3,(H,27,30,31)/t18-/m0/s1/i2D3,11D2. The van der Waals surface area contributed by atoms with Crippen LogP contribution in [-0.2, 0) is 24.8 Å². The summed E-state index contributed by atoms with van der Waals surface area (Å²) in [5, 5.41) is 7.05. The number of aromatic nitrogens is 6. The summed E-state index contributed by atoms with van der Waals surface area (Å²) in [5.41, 5.74) is 0.205.